The number of rotatable bonds is 5. The molecule has 2 rings (SSSR count). The van der Waals surface area contributed by atoms with Crippen LogP contribution in [0.4, 0.5) is 0 Å². The van der Waals surface area contributed by atoms with Crippen LogP contribution < -0.4 is 5.32 Å². The Kier molecular flexibility index (Phi) is 3.77. The first kappa shape index (κ1) is 10.7. The maximum absolute atomic E-state index is 8.71. The molecule has 1 aliphatic rings. The van der Waals surface area contributed by atoms with Crippen molar-refractivity contribution in [2.75, 3.05) is 26.2 Å². The lowest BCUT2D eigenvalue weighted by atomic mass is 10.3. The first-order chi connectivity index (χ1) is 7.38. The van der Waals surface area contributed by atoms with Gasteiger partial charge in [-0.05, 0) is 18.6 Å². The third kappa shape index (κ3) is 3.06. The number of hydrogen-bond donors (Lipinski definition) is 2. The average Bonchev–Trinajstić information content (AvgIpc) is 2.87. The van der Waals surface area contributed by atoms with Gasteiger partial charge in [0.25, 0.3) is 0 Å². The van der Waals surface area contributed by atoms with E-state index in [1.54, 1.807) is 6.26 Å². The van der Waals surface area contributed by atoms with Gasteiger partial charge < -0.3 is 14.8 Å². The average molecular weight is 210 g/mol. The SMILES string of the molecule is OCCNC1CCN(Cc2ccco2)C1. The summed E-state index contributed by atoms with van der Waals surface area (Å²) in [5.74, 6) is 1.03. The second kappa shape index (κ2) is 5.30. The van der Waals surface area contributed by atoms with Crippen LogP contribution in [0.5, 0.6) is 0 Å². The zero-order chi connectivity index (χ0) is 10.5. The van der Waals surface area contributed by atoms with Crippen LogP contribution in [0.2, 0.25) is 0 Å². The lowest BCUT2D eigenvalue weighted by Crippen LogP contribution is -2.34. The van der Waals surface area contributed by atoms with Gasteiger partial charge in [0.05, 0.1) is 19.4 Å². The molecule has 1 aliphatic heterocycles. The molecule has 1 saturated heterocycles. The third-order valence-corrected chi connectivity index (χ3v) is 2.78. The molecule has 84 valence electrons. The summed E-state index contributed by atoms with van der Waals surface area (Å²) in [7, 11) is 0. The molecule has 0 bridgehead atoms. The van der Waals surface area contributed by atoms with E-state index in [1.165, 1.54) is 0 Å². The van der Waals surface area contributed by atoms with E-state index >= 15 is 0 Å². The summed E-state index contributed by atoms with van der Waals surface area (Å²) >= 11 is 0. The zero-order valence-electron chi connectivity index (χ0n) is 8.85. The van der Waals surface area contributed by atoms with Crippen molar-refractivity contribution in [2.45, 2.75) is 19.0 Å². The predicted octanol–water partition coefficient (Wildman–Crippen LogP) is 0.436. The normalized spacial score (nSPS) is 22.3. The lowest BCUT2D eigenvalue weighted by molar-refractivity contribution is 0.271. The zero-order valence-corrected chi connectivity index (χ0v) is 8.85. The number of aliphatic hydroxyl groups is 1. The standard InChI is InChI=1S/C11H18N2O2/c14-6-4-12-10-3-5-13(8-10)9-11-2-1-7-15-11/h1-2,7,10,12,14H,3-6,8-9H2. The minimum Gasteiger partial charge on any atom is -0.468 e. The van der Waals surface area contributed by atoms with Gasteiger partial charge >= 0.3 is 0 Å². The molecule has 1 aromatic rings. The Labute approximate surface area is 89.9 Å². The maximum atomic E-state index is 8.71. The summed E-state index contributed by atoms with van der Waals surface area (Å²) in [6, 6.07) is 4.45. The van der Waals surface area contributed by atoms with Crippen LogP contribution in [0.1, 0.15) is 12.2 Å². The molecule has 1 fully saturated rings. The second-order valence-corrected chi connectivity index (χ2v) is 3.98. The number of furan rings is 1. The van der Waals surface area contributed by atoms with Crippen molar-refractivity contribution in [3.05, 3.63) is 24.2 Å². The Morgan fingerprint density at radius 3 is 3.27 bits per heavy atom. The van der Waals surface area contributed by atoms with Crippen molar-refractivity contribution >= 4 is 0 Å². The number of nitrogens with zero attached hydrogens (tertiary/aromatic N) is 1. The first-order valence-corrected chi connectivity index (χ1v) is 5.47. The van der Waals surface area contributed by atoms with E-state index in [-0.39, 0.29) is 6.61 Å². The van der Waals surface area contributed by atoms with Crippen LogP contribution >= 0.6 is 0 Å². The smallest absolute Gasteiger partial charge is 0.117 e. The van der Waals surface area contributed by atoms with Gasteiger partial charge in [-0.25, -0.2) is 0 Å². The number of likely N-dealkylation sites (tertiary alicyclic amines) is 1. The fourth-order valence-electron chi connectivity index (χ4n) is 2.03. The lowest BCUT2D eigenvalue weighted by Gasteiger charge is -2.14. The van der Waals surface area contributed by atoms with E-state index in [4.69, 9.17) is 9.52 Å². The van der Waals surface area contributed by atoms with Crippen LogP contribution in [0.15, 0.2) is 22.8 Å². The Morgan fingerprint density at radius 2 is 2.53 bits per heavy atom. The van der Waals surface area contributed by atoms with Crippen molar-refractivity contribution in [1.82, 2.24) is 10.2 Å². The van der Waals surface area contributed by atoms with E-state index in [0.29, 0.717) is 12.6 Å². The summed E-state index contributed by atoms with van der Waals surface area (Å²) in [5.41, 5.74) is 0. The van der Waals surface area contributed by atoms with Crippen LogP contribution in [-0.2, 0) is 6.54 Å². The van der Waals surface area contributed by atoms with Crippen LogP contribution in [-0.4, -0.2) is 42.3 Å². The van der Waals surface area contributed by atoms with Crippen LogP contribution in [0, 0.1) is 0 Å². The van der Waals surface area contributed by atoms with Gasteiger partial charge in [-0.15, -0.1) is 0 Å². The number of hydrogen-bond acceptors (Lipinski definition) is 4. The molecule has 1 aromatic heterocycles. The van der Waals surface area contributed by atoms with Crippen LogP contribution in [0.3, 0.4) is 0 Å². The van der Waals surface area contributed by atoms with Gasteiger partial charge in [0.1, 0.15) is 5.76 Å². The predicted molar refractivity (Wildman–Crippen MR) is 57.5 cm³/mol. The molecule has 2 N–H and O–H groups in total. The quantitative estimate of drug-likeness (QED) is 0.740. The summed E-state index contributed by atoms with van der Waals surface area (Å²) in [4.78, 5) is 2.37. The minimum absolute atomic E-state index is 0.217. The molecule has 0 aliphatic carbocycles. The summed E-state index contributed by atoms with van der Waals surface area (Å²) in [6.07, 6.45) is 2.87. The molecule has 1 unspecified atom stereocenters. The molecule has 15 heavy (non-hydrogen) atoms. The highest BCUT2D eigenvalue weighted by atomic mass is 16.3. The Morgan fingerprint density at radius 1 is 1.60 bits per heavy atom. The molecule has 4 nitrogen and oxygen atoms in total. The minimum atomic E-state index is 0.217. The monoisotopic (exact) mass is 210 g/mol. The molecule has 2 heterocycles. The van der Waals surface area contributed by atoms with Gasteiger partial charge in [0, 0.05) is 25.7 Å². The highest BCUT2D eigenvalue weighted by Crippen LogP contribution is 2.13. The fraction of sp³-hybridized carbons (Fsp3) is 0.636. The van der Waals surface area contributed by atoms with E-state index < -0.39 is 0 Å². The molecular formula is C11H18N2O2. The van der Waals surface area contributed by atoms with Crippen molar-refractivity contribution in [2.24, 2.45) is 0 Å². The van der Waals surface area contributed by atoms with E-state index in [0.717, 1.165) is 31.8 Å². The molecule has 4 heteroatoms. The van der Waals surface area contributed by atoms with Crippen molar-refractivity contribution < 1.29 is 9.52 Å². The molecular weight excluding hydrogens is 192 g/mol. The van der Waals surface area contributed by atoms with Crippen LogP contribution in [0.25, 0.3) is 0 Å². The summed E-state index contributed by atoms with van der Waals surface area (Å²) in [6.45, 7) is 3.95. The highest BCUT2D eigenvalue weighted by Gasteiger charge is 2.22. The molecule has 1 atom stereocenters. The van der Waals surface area contributed by atoms with Gasteiger partial charge in [-0.1, -0.05) is 0 Å². The largest absolute Gasteiger partial charge is 0.468 e. The number of nitrogens with one attached hydrogen (secondary N) is 1. The molecule has 0 aromatic carbocycles. The molecule has 0 amide bonds. The summed E-state index contributed by atoms with van der Waals surface area (Å²) in [5, 5.41) is 12.0. The van der Waals surface area contributed by atoms with Crippen molar-refractivity contribution in [1.29, 1.82) is 0 Å². The fourth-order valence-corrected chi connectivity index (χ4v) is 2.03. The second-order valence-electron chi connectivity index (χ2n) is 3.98. The molecule has 0 spiro atoms. The topological polar surface area (TPSA) is 48.6 Å². The Hall–Kier alpha value is -0.840. The van der Waals surface area contributed by atoms with Gasteiger partial charge in [-0.2, -0.15) is 0 Å². The third-order valence-electron chi connectivity index (χ3n) is 2.78. The van der Waals surface area contributed by atoms with Gasteiger partial charge in [-0.3, -0.25) is 4.90 Å². The Balaban J connectivity index is 1.73. The van der Waals surface area contributed by atoms with E-state index in [9.17, 15) is 0 Å². The van der Waals surface area contributed by atoms with Gasteiger partial charge in [0.2, 0.25) is 0 Å². The number of aliphatic hydroxyl groups excluding tert-OH is 1. The van der Waals surface area contributed by atoms with E-state index in [2.05, 4.69) is 10.2 Å². The van der Waals surface area contributed by atoms with E-state index in [1.807, 2.05) is 12.1 Å². The van der Waals surface area contributed by atoms with Crippen molar-refractivity contribution in [3.8, 4) is 0 Å². The molecule has 0 saturated carbocycles. The molecule has 0 radical (unpaired) electrons. The maximum Gasteiger partial charge on any atom is 0.117 e. The van der Waals surface area contributed by atoms with Crippen molar-refractivity contribution in [3.63, 3.8) is 0 Å². The first-order valence-electron chi connectivity index (χ1n) is 5.47. The van der Waals surface area contributed by atoms with Gasteiger partial charge in [0.15, 0.2) is 0 Å². The summed E-state index contributed by atoms with van der Waals surface area (Å²) < 4.78 is 5.31. The Bertz CT molecular complexity index is 274. The highest BCUT2D eigenvalue weighted by molar-refractivity contribution is 4.98.